The summed E-state index contributed by atoms with van der Waals surface area (Å²) in [4.78, 5) is 0. The maximum absolute atomic E-state index is 6.13. The van der Waals surface area contributed by atoms with Crippen molar-refractivity contribution >= 4 is 11.6 Å². The van der Waals surface area contributed by atoms with Gasteiger partial charge in [0.05, 0.1) is 23.0 Å². The second-order valence-corrected chi connectivity index (χ2v) is 4.15. The quantitative estimate of drug-likeness (QED) is 0.749. The molecule has 4 nitrogen and oxygen atoms in total. The van der Waals surface area contributed by atoms with E-state index >= 15 is 0 Å². The lowest BCUT2D eigenvalue weighted by Crippen LogP contribution is -2.23. The maximum Gasteiger partial charge on any atom is 0.0833 e. The second kappa shape index (κ2) is 6.89. The van der Waals surface area contributed by atoms with Gasteiger partial charge < -0.3 is 10.1 Å². The van der Waals surface area contributed by atoms with Crippen LogP contribution in [0.1, 0.15) is 31.5 Å². The molecule has 0 aliphatic heterocycles. The van der Waals surface area contributed by atoms with Crippen LogP contribution in [0.15, 0.2) is 6.20 Å². The predicted octanol–water partition coefficient (Wildman–Crippen LogP) is 2.15. The van der Waals surface area contributed by atoms with Gasteiger partial charge >= 0.3 is 0 Å². The van der Waals surface area contributed by atoms with Crippen LogP contribution in [0, 0.1) is 0 Å². The van der Waals surface area contributed by atoms with Gasteiger partial charge in [-0.15, -0.1) is 0 Å². The highest BCUT2D eigenvalue weighted by Gasteiger charge is 2.17. The molecule has 0 spiro atoms. The molecular formula is C11H20ClN3O. The first-order valence-corrected chi connectivity index (χ1v) is 5.98. The van der Waals surface area contributed by atoms with E-state index in [4.69, 9.17) is 16.3 Å². The number of halogens is 1. The molecule has 0 aliphatic carbocycles. The van der Waals surface area contributed by atoms with Crippen LogP contribution in [0.3, 0.4) is 0 Å². The number of nitrogens with one attached hydrogen (secondary N) is 1. The van der Waals surface area contributed by atoms with Crippen molar-refractivity contribution in [2.75, 3.05) is 20.3 Å². The smallest absolute Gasteiger partial charge is 0.0833 e. The molecule has 0 fully saturated rings. The third kappa shape index (κ3) is 3.47. The third-order valence-corrected chi connectivity index (χ3v) is 2.85. The number of nitrogens with zero attached hydrogens (tertiary/aromatic N) is 2. The highest BCUT2D eigenvalue weighted by Crippen LogP contribution is 2.25. The number of aryl methyl sites for hydroxylation is 1. The van der Waals surface area contributed by atoms with Crippen LogP contribution in [0.25, 0.3) is 0 Å². The topological polar surface area (TPSA) is 39.1 Å². The molecule has 1 unspecified atom stereocenters. The SMILES string of the molecule is CCNC(CCCOC)c1c(Cl)cnn1C. The van der Waals surface area contributed by atoms with Crippen molar-refractivity contribution in [2.45, 2.75) is 25.8 Å². The van der Waals surface area contributed by atoms with Crippen LogP contribution in [0.5, 0.6) is 0 Å². The summed E-state index contributed by atoms with van der Waals surface area (Å²) in [6.07, 6.45) is 3.70. The van der Waals surface area contributed by atoms with Gasteiger partial charge in [0.15, 0.2) is 0 Å². The van der Waals surface area contributed by atoms with E-state index in [0.717, 1.165) is 36.7 Å². The van der Waals surface area contributed by atoms with Gasteiger partial charge in [0, 0.05) is 20.8 Å². The van der Waals surface area contributed by atoms with Crippen molar-refractivity contribution in [2.24, 2.45) is 7.05 Å². The van der Waals surface area contributed by atoms with E-state index in [1.807, 2.05) is 11.7 Å². The molecule has 0 amide bonds. The Hall–Kier alpha value is -0.580. The van der Waals surface area contributed by atoms with Crippen molar-refractivity contribution in [3.05, 3.63) is 16.9 Å². The van der Waals surface area contributed by atoms with E-state index < -0.39 is 0 Å². The predicted molar refractivity (Wildman–Crippen MR) is 65.7 cm³/mol. The number of ether oxygens (including phenoxy) is 1. The van der Waals surface area contributed by atoms with Crippen molar-refractivity contribution in [3.63, 3.8) is 0 Å². The van der Waals surface area contributed by atoms with Crippen molar-refractivity contribution < 1.29 is 4.74 Å². The van der Waals surface area contributed by atoms with Crippen LogP contribution in [0.4, 0.5) is 0 Å². The zero-order chi connectivity index (χ0) is 12.0. The molecule has 0 aromatic carbocycles. The van der Waals surface area contributed by atoms with E-state index in [-0.39, 0.29) is 6.04 Å². The molecule has 1 rings (SSSR count). The molecule has 1 atom stereocenters. The third-order valence-electron chi connectivity index (χ3n) is 2.56. The molecule has 0 saturated carbocycles. The van der Waals surface area contributed by atoms with Crippen molar-refractivity contribution in [1.29, 1.82) is 0 Å². The van der Waals surface area contributed by atoms with Crippen LogP contribution in [-0.2, 0) is 11.8 Å². The van der Waals surface area contributed by atoms with Gasteiger partial charge in [-0.3, -0.25) is 4.68 Å². The Morgan fingerprint density at radius 3 is 2.88 bits per heavy atom. The number of methoxy groups -OCH3 is 1. The molecule has 1 heterocycles. The minimum absolute atomic E-state index is 0.250. The molecule has 5 heteroatoms. The highest BCUT2D eigenvalue weighted by molar-refractivity contribution is 6.31. The van der Waals surface area contributed by atoms with Crippen molar-refractivity contribution in [3.8, 4) is 0 Å². The summed E-state index contributed by atoms with van der Waals surface area (Å²) < 4.78 is 6.90. The van der Waals surface area contributed by atoms with Crippen LogP contribution in [-0.4, -0.2) is 30.0 Å². The number of hydrogen-bond acceptors (Lipinski definition) is 3. The lowest BCUT2D eigenvalue weighted by atomic mass is 10.1. The molecule has 1 aromatic rings. The first-order valence-electron chi connectivity index (χ1n) is 5.60. The average molecular weight is 246 g/mol. The first kappa shape index (κ1) is 13.5. The molecule has 0 radical (unpaired) electrons. The van der Waals surface area contributed by atoms with Crippen LogP contribution >= 0.6 is 11.6 Å². The Kier molecular flexibility index (Phi) is 5.80. The standard InChI is InChI=1S/C11H20ClN3O/c1-4-13-10(6-5-7-16-3)11-9(12)8-14-15(11)2/h8,10,13H,4-7H2,1-3H3. The molecule has 1 aromatic heterocycles. The van der Waals surface area contributed by atoms with Gasteiger partial charge in [0.2, 0.25) is 0 Å². The van der Waals surface area contributed by atoms with E-state index in [1.165, 1.54) is 0 Å². The van der Waals surface area contributed by atoms with Gasteiger partial charge in [-0.05, 0) is 19.4 Å². The lowest BCUT2D eigenvalue weighted by molar-refractivity contribution is 0.188. The fourth-order valence-corrected chi connectivity index (χ4v) is 2.12. The minimum Gasteiger partial charge on any atom is -0.385 e. The summed E-state index contributed by atoms with van der Waals surface area (Å²) in [7, 11) is 3.64. The largest absolute Gasteiger partial charge is 0.385 e. The maximum atomic E-state index is 6.13. The molecule has 92 valence electrons. The summed E-state index contributed by atoms with van der Waals surface area (Å²) in [5.41, 5.74) is 1.06. The number of hydrogen-bond donors (Lipinski definition) is 1. The average Bonchev–Trinajstić information content (AvgIpc) is 2.58. The summed E-state index contributed by atoms with van der Waals surface area (Å²) in [6.45, 7) is 3.78. The Morgan fingerprint density at radius 2 is 2.38 bits per heavy atom. The Labute approximate surface area is 102 Å². The summed E-state index contributed by atoms with van der Waals surface area (Å²) in [5.74, 6) is 0. The molecule has 0 saturated heterocycles. The molecule has 0 bridgehead atoms. The molecule has 1 N–H and O–H groups in total. The van der Waals surface area contributed by atoms with Gasteiger partial charge in [0.25, 0.3) is 0 Å². The molecule has 0 aliphatic rings. The fraction of sp³-hybridized carbons (Fsp3) is 0.727. The molecule has 16 heavy (non-hydrogen) atoms. The normalized spacial score (nSPS) is 13.0. The number of rotatable bonds is 7. The zero-order valence-corrected chi connectivity index (χ0v) is 10.9. The monoisotopic (exact) mass is 245 g/mol. The Bertz CT molecular complexity index is 295. The van der Waals surface area contributed by atoms with Gasteiger partial charge in [-0.25, -0.2) is 0 Å². The lowest BCUT2D eigenvalue weighted by Gasteiger charge is -2.18. The highest BCUT2D eigenvalue weighted by atomic mass is 35.5. The summed E-state index contributed by atoms with van der Waals surface area (Å²) in [5, 5.41) is 8.31. The second-order valence-electron chi connectivity index (χ2n) is 3.75. The van der Waals surface area contributed by atoms with Gasteiger partial charge in [-0.1, -0.05) is 18.5 Å². The summed E-state index contributed by atoms with van der Waals surface area (Å²) >= 11 is 6.13. The zero-order valence-electron chi connectivity index (χ0n) is 10.2. The first-order chi connectivity index (χ1) is 7.70. The van der Waals surface area contributed by atoms with E-state index in [0.29, 0.717) is 0 Å². The van der Waals surface area contributed by atoms with E-state index in [9.17, 15) is 0 Å². The van der Waals surface area contributed by atoms with Gasteiger partial charge in [-0.2, -0.15) is 5.10 Å². The number of aromatic nitrogens is 2. The summed E-state index contributed by atoms with van der Waals surface area (Å²) in [6, 6.07) is 0.250. The van der Waals surface area contributed by atoms with E-state index in [1.54, 1.807) is 13.3 Å². The van der Waals surface area contributed by atoms with Crippen LogP contribution in [0.2, 0.25) is 5.02 Å². The minimum atomic E-state index is 0.250. The molecular weight excluding hydrogens is 226 g/mol. The van der Waals surface area contributed by atoms with Crippen molar-refractivity contribution in [1.82, 2.24) is 15.1 Å². The van der Waals surface area contributed by atoms with E-state index in [2.05, 4.69) is 17.3 Å². The fourth-order valence-electron chi connectivity index (χ4n) is 1.83. The Balaban J connectivity index is 2.68. The Morgan fingerprint density at radius 1 is 1.62 bits per heavy atom. The van der Waals surface area contributed by atoms with Crippen LogP contribution < -0.4 is 5.32 Å². The van der Waals surface area contributed by atoms with Gasteiger partial charge in [0.1, 0.15) is 0 Å².